The molecule has 28 heavy (non-hydrogen) atoms. The molecule has 0 spiro atoms. The zero-order valence-corrected chi connectivity index (χ0v) is 16.3. The number of aromatic nitrogens is 2. The van der Waals surface area contributed by atoms with Crippen LogP contribution in [0.2, 0.25) is 5.02 Å². The third kappa shape index (κ3) is 3.26. The van der Waals surface area contributed by atoms with Crippen molar-refractivity contribution < 1.29 is 9.59 Å². The summed E-state index contributed by atoms with van der Waals surface area (Å²) in [5, 5.41) is 8.87. The molecule has 0 radical (unpaired) electrons. The van der Waals surface area contributed by atoms with Crippen molar-refractivity contribution in [1.82, 2.24) is 9.78 Å². The maximum Gasteiger partial charge on any atom is 0.265 e. The van der Waals surface area contributed by atoms with Gasteiger partial charge in [0, 0.05) is 16.6 Å². The Hall–Kier alpha value is -3.16. The van der Waals surface area contributed by atoms with Crippen molar-refractivity contribution in [2.24, 2.45) is 5.73 Å². The van der Waals surface area contributed by atoms with Gasteiger partial charge in [0.05, 0.1) is 21.3 Å². The summed E-state index contributed by atoms with van der Waals surface area (Å²) in [5.41, 5.74) is 7.77. The van der Waals surface area contributed by atoms with E-state index in [0.717, 1.165) is 21.6 Å². The van der Waals surface area contributed by atoms with Crippen LogP contribution in [0.3, 0.4) is 0 Å². The number of thiophene rings is 1. The number of carbonyl (C=O) groups excluding carboxylic acids is 2. The van der Waals surface area contributed by atoms with E-state index in [1.54, 1.807) is 35.0 Å². The fraction of sp³-hybridized carbons (Fsp3) is 0.0500. The minimum atomic E-state index is -0.512. The first kappa shape index (κ1) is 18.2. The lowest BCUT2D eigenvalue weighted by Gasteiger charge is -2.05. The molecule has 2 aromatic heterocycles. The van der Waals surface area contributed by atoms with Crippen molar-refractivity contribution in [2.45, 2.75) is 6.92 Å². The van der Waals surface area contributed by atoms with E-state index in [-0.39, 0.29) is 5.91 Å². The molecule has 0 saturated heterocycles. The number of carbonyl (C=O) groups is 2. The number of para-hydroxylation sites is 1. The van der Waals surface area contributed by atoms with Gasteiger partial charge in [-0.1, -0.05) is 23.7 Å². The third-order valence-electron chi connectivity index (χ3n) is 4.28. The van der Waals surface area contributed by atoms with Crippen LogP contribution in [0.4, 0.5) is 5.69 Å². The lowest BCUT2D eigenvalue weighted by Crippen LogP contribution is -2.12. The highest BCUT2D eigenvalue weighted by atomic mass is 35.5. The smallest absolute Gasteiger partial charge is 0.265 e. The molecule has 0 aliphatic heterocycles. The summed E-state index contributed by atoms with van der Waals surface area (Å²) in [7, 11) is 0. The van der Waals surface area contributed by atoms with Crippen LogP contribution in [-0.2, 0) is 0 Å². The molecule has 8 heteroatoms. The van der Waals surface area contributed by atoms with Gasteiger partial charge in [0.1, 0.15) is 4.83 Å². The Balaban J connectivity index is 1.66. The molecule has 0 atom stereocenters. The van der Waals surface area contributed by atoms with Crippen LogP contribution in [0.15, 0.2) is 54.6 Å². The average Bonchev–Trinajstić information content (AvgIpc) is 3.24. The van der Waals surface area contributed by atoms with E-state index in [9.17, 15) is 9.59 Å². The molecule has 3 N–H and O–H groups in total. The monoisotopic (exact) mass is 410 g/mol. The molecule has 6 nitrogen and oxygen atoms in total. The molecule has 0 fully saturated rings. The summed E-state index contributed by atoms with van der Waals surface area (Å²) in [4.78, 5) is 25.2. The lowest BCUT2D eigenvalue weighted by molar-refractivity contribution is 0.0998. The van der Waals surface area contributed by atoms with E-state index < -0.39 is 5.91 Å². The van der Waals surface area contributed by atoms with E-state index in [1.165, 1.54) is 11.3 Å². The van der Waals surface area contributed by atoms with Crippen LogP contribution in [0.1, 0.15) is 25.7 Å². The molecule has 2 aromatic carbocycles. The number of nitrogens with one attached hydrogen (secondary N) is 1. The minimum absolute atomic E-state index is 0.238. The summed E-state index contributed by atoms with van der Waals surface area (Å²) >= 11 is 7.65. The SMILES string of the molecule is Cc1nn(-c2ccccc2Cl)c2sc(C(=O)Nc3ccc(C(N)=O)cc3)cc12. The van der Waals surface area contributed by atoms with Crippen molar-refractivity contribution >= 4 is 50.7 Å². The number of nitrogens with two attached hydrogens (primary N) is 1. The molecule has 0 saturated carbocycles. The predicted molar refractivity (Wildman–Crippen MR) is 112 cm³/mol. The summed E-state index contributed by atoms with van der Waals surface area (Å²) in [6.45, 7) is 1.90. The molecule has 0 unspecified atom stereocenters. The first-order valence-corrected chi connectivity index (χ1v) is 9.59. The largest absolute Gasteiger partial charge is 0.366 e. The fourth-order valence-electron chi connectivity index (χ4n) is 2.86. The zero-order chi connectivity index (χ0) is 19.8. The van der Waals surface area contributed by atoms with Crippen LogP contribution in [0, 0.1) is 6.92 Å². The summed E-state index contributed by atoms with van der Waals surface area (Å²) < 4.78 is 1.76. The number of hydrogen-bond donors (Lipinski definition) is 2. The number of primary amides is 1. The number of hydrogen-bond acceptors (Lipinski definition) is 4. The number of fused-ring (bicyclic) bond motifs is 1. The first-order chi connectivity index (χ1) is 13.4. The Morgan fingerprint density at radius 2 is 1.86 bits per heavy atom. The van der Waals surface area contributed by atoms with E-state index in [2.05, 4.69) is 10.4 Å². The number of anilines is 1. The fourth-order valence-corrected chi connectivity index (χ4v) is 4.14. The highest BCUT2D eigenvalue weighted by Crippen LogP contribution is 2.32. The number of amides is 2. The highest BCUT2D eigenvalue weighted by molar-refractivity contribution is 7.20. The van der Waals surface area contributed by atoms with Gasteiger partial charge in [-0.15, -0.1) is 11.3 Å². The Morgan fingerprint density at radius 3 is 2.54 bits per heavy atom. The number of benzene rings is 2. The Bertz CT molecular complexity index is 1210. The van der Waals surface area contributed by atoms with Crippen LogP contribution in [0.5, 0.6) is 0 Å². The molecule has 4 aromatic rings. The normalized spacial score (nSPS) is 10.9. The molecular weight excluding hydrogens is 396 g/mol. The molecular formula is C20H15ClN4O2S. The van der Waals surface area contributed by atoms with Gasteiger partial charge in [-0.05, 0) is 49.4 Å². The van der Waals surface area contributed by atoms with Crippen LogP contribution in [0.25, 0.3) is 15.9 Å². The second kappa shape index (κ2) is 7.10. The van der Waals surface area contributed by atoms with Gasteiger partial charge in [0.25, 0.3) is 5.91 Å². The van der Waals surface area contributed by atoms with Crippen molar-refractivity contribution in [3.8, 4) is 5.69 Å². The molecule has 0 aliphatic carbocycles. The van der Waals surface area contributed by atoms with Gasteiger partial charge in [0.2, 0.25) is 5.91 Å². The van der Waals surface area contributed by atoms with E-state index in [1.807, 2.05) is 31.2 Å². The first-order valence-electron chi connectivity index (χ1n) is 8.39. The van der Waals surface area contributed by atoms with Crippen molar-refractivity contribution in [2.75, 3.05) is 5.32 Å². The maximum absolute atomic E-state index is 12.7. The third-order valence-corrected chi connectivity index (χ3v) is 5.71. The molecule has 4 rings (SSSR count). The highest BCUT2D eigenvalue weighted by Gasteiger charge is 2.18. The quantitative estimate of drug-likeness (QED) is 0.522. The minimum Gasteiger partial charge on any atom is -0.366 e. The van der Waals surface area contributed by atoms with Crippen LogP contribution in [-0.4, -0.2) is 21.6 Å². The topological polar surface area (TPSA) is 90.0 Å². The molecule has 2 heterocycles. The zero-order valence-electron chi connectivity index (χ0n) is 14.8. The lowest BCUT2D eigenvalue weighted by atomic mass is 10.2. The summed E-state index contributed by atoms with van der Waals surface area (Å²) in [6, 6.07) is 15.7. The predicted octanol–water partition coefficient (Wildman–Crippen LogP) is 4.40. The Kier molecular flexibility index (Phi) is 4.62. The maximum atomic E-state index is 12.7. The number of rotatable bonds is 4. The van der Waals surface area contributed by atoms with Crippen molar-refractivity contribution in [3.63, 3.8) is 0 Å². The second-order valence-corrected chi connectivity index (χ2v) is 7.61. The van der Waals surface area contributed by atoms with Gasteiger partial charge in [0.15, 0.2) is 0 Å². The summed E-state index contributed by atoms with van der Waals surface area (Å²) in [6.07, 6.45) is 0. The molecule has 0 bridgehead atoms. The van der Waals surface area contributed by atoms with E-state index in [0.29, 0.717) is 21.2 Å². The van der Waals surface area contributed by atoms with E-state index in [4.69, 9.17) is 17.3 Å². The average molecular weight is 411 g/mol. The van der Waals surface area contributed by atoms with Gasteiger partial charge in [-0.25, -0.2) is 4.68 Å². The number of nitrogens with zero attached hydrogens (tertiary/aromatic N) is 2. The van der Waals surface area contributed by atoms with Crippen LogP contribution < -0.4 is 11.1 Å². The van der Waals surface area contributed by atoms with Gasteiger partial charge in [-0.3, -0.25) is 9.59 Å². The van der Waals surface area contributed by atoms with Crippen LogP contribution >= 0.6 is 22.9 Å². The Morgan fingerprint density at radius 1 is 1.14 bits per heavy atom. The van der Waals surface area contributed by atoms with Crippen molar-refractivity contribution in [1.29, 1.82) is 0 Å². The van der Waals surface area contributed by atoms with Crippen molar-refractivity contribution in [3.05, 3.63) is 75.8 Å². The molecule has 0 aliphatic rings. The van der Waals surface area contributed by atoms with Gasteiger partial charge in [-0.2, -0.15) is 5.10 Å². The van der Waals surface area contributed by atoms with Gasteiger partial charge < -0.3 is 11.1 Å². The molecule has 140 valence electrons. The standard InChI is InChI=1S/C20H15ClN4O2S/c1-11-14-10-17(19(27)23-13-8-6-12(7-9-13)18(22)26)28-20(14)25(24-11)16-5-3-2-4-15(16)21/h2-10H,1H3,(H2,22,26)(H,23,27). The number of aryl methyl sites for hydroxylation is 1. The second-order valence-electron chi connectivity index (χ2n) is 6.17. The van der Waals surface area contributed by atoms with E-state index >= 15 is 0 Å². The summed E-state index contributed by atoms with van der Waals surface area (Å²) in [5.74, 6) is -0.750. The van der Waals surface area contributed by atoms with Gasteiger partial charge >= 0.3 is 0 Å². The molecule has 2 amide bonds. The Labute approximate surface area is 169 Å². The number of halogens is 1.